The molecule has 3 N–H and O–H groups in total. The van der Waals surface area contributed by atoms with Crippen molar-refractivity contribution in [2.75, 3.05) is 23.1 Å². The molecule has 0 aliphatic rings. The van der Waals surface area contributed by atoms with E-state index in [0.717, 1.165) is 0 Å². The van der Waals surface area contributed by atoms with Gasteiger partial charge < -0.3 is 20.7 Å². The first-order valence-corrected chi connectivity index (χ1v) is 8.20. The average molecular weight is 385 g/mol. The van der Waals surface area contributed by atoms with Crippen LogP contribution in [0.4, 0.5) is 17.1 Å². The second-order valence-electron chi connectivity index (χ2n) is 5.38. The number of nitrogens with zero attached hydrogens (tertiary/aromatic N) is 1. The lowest BCUT2D eigenvalue weighted by Crippen LogP contribution is -2.14. The summed E-state index contributed by atoms with van der Waals surface area (Å²) in [5.41, 5.74) is 1.58. The van der Waals surface area contributed by atoms with Gasteiger partial charge in [0.25, 0.3) is 5.91 Å². The minimum atomic E-state index is -0.572. The van der Waals surface area contributed by atoms with Crippen molar-refractivity contribution in [3.05, 3.63) is 59.3 Å². The summed E-state index contributed by atoms with van der Waals surface area (Å²) >= 11 is 6.04. The quantitative estimate of drug-likeness (QED) is 0.519. The molecule has 0 radical (unpaired) electrons. The number of carbonyl (C=O) groups excluding carboxylic acids is 2. The number of anilines is 3. The molecule has 7 nitrogen and oxygen atoms in total. The van der Waals surface area contributed by atoms with Crippen LogP contribution in [0.25, 0.3) is 0 Å². The van der Waals surface area contributed by atoms with Gasteiger partial charge in [-0.3, -0.25) is 9.59 Å². The summed E-state index contributed by atoms with van der Waals surface area (Å²) in [5, 5.41) is 17.7. The molecule has 2 rings (SSSR count). The van der Waals surface area contributed by atoms with Crippen molar-refractivity contribution in [3.8, 4) is 11.8 Å². The van der Waals surface area contributed by atoms with Gasteiger partial charge in [0.2, 0.25) is 5.91 Å². The Morgan fingerprint density at radius 1 is 1.07 bits per heavy atom. The number of hydrogen-bond acceptors (Lipinski definition) is 5. The van der Waals surface area contributed by atoms with Crippen LogP contribution in [0.15, 0.2) is 54.2 Å². The van der Waals surface area contributed by atoms with Crippen LogP contribution in [0.3, 0.4) is 0 Å². The first kappa shape index (κ1) is 19.8. The van der Waals surface area contributed by atoms with Crippen LogP contribution in [0.1, 0.15) is 6.92 Å². The van der Waals surface area contributed by atoms with E-state index in [9.17, 15) is 14.9 Å². The van der Waals surface area contributed by atoms with Crippen LogP contribution in [0, 0.1) is 11.3 Å². The monoisotopic (exact) mass is 384 g/mol. The SMILES string of the molecule is COc1ccc(N/C=C(/C#N)C(=O)Nc2ccc(NC(C)=O)cc2)cc1Cl. The minimum Gasteiger partial charge on any atom is -0.495 e. The predicted molar refractivity (Wildman–Crippen MR) is 105 cm³/mol. The van der Waals surface area contributed by atoms with Gasteiger partial charge in [-0.1, -0.05) is 11.6 Å². The van der Waals surface area contributed by atoms with E-state index in [-0.39, 0.29) is 11.5 Å². The number of hydrogen-bond donors (Lipinski definition) is 3. The molecular formula is C19H17ClN4O3. The molecule has 0 fully saturated rings. The fourth-order valence-electron chi connectivity index (χ4n) is 2.10. The number of amides is 2. The third-order valence-electron chi connectivity index (χ3n) is 3.36. The van der Waals surface area contributed by atoms with Gasteiger partial charge in [-0.25, -0.2) is 0 Å². The zero-order chi connectivity index (χ0) is 19.8. The molecular weight excluding hydrogens is 368 g/mol. The number of halogens is 1. The fraction of sp³-hybridized carbons (Fsp3) is 0.105. The molecule has 0 aliphatic carbocycles. The number of nitriles is 1. The number of nitrogens with one attached hydrogen (secondary N) is 3. The van der Waals surface area contributed by atoms with Crippen molar-refractivity contribution >= 4 is 40.5 Å². The molecule has 0 aliphatic heterocycles. The lowest BCUT2D eigenvalue weighted by atomic mass is 10.2. The Labute approximate surface area is 161 Å². The Morgan fingerprint density at radius 2 is 1.67 bits per heavy atom. The van der Waals surface area contributed by atoms with Crippen molar-refractivity contribution < 1.29 is 14.3 Å². The van der Waals surface area contributed by atoms with Gasteiger partial charge in [0.05, 0.1) is 12.1 Å². The summed E-state index contributed by atoms with van der Waals surface area (Å²) in [4.78, 5) is 23.2. The van der Waals surface area contributed by atoms with E-state index in [1.807, 2.05) is 6.07 Å². The summed E-state index contributed by atoms with van der Waals surface area (Å²) in [7, 11) is 1.51. The normalized spacial score (nSPS) is 10.5. The molecule has 2 aromatic rings. The molecule has 27 heavy (non-hydrogen) atoms. The second kappa shape index (κ2) is 9.27. The topological polar surface area (TPSA) is 103 Å². The highest BCUT2D eigenvalue weighted by atomic mass is 35.5. The van der Waals surface area contributed by atoms with E-state index in [0.29, 0.717) is 27.8 Å². The van der Waals surface area contributed by atoms with E-state index >= 15 is 0 Å². The summed E-state index contributed by atoms with van der Waals surface area (Å²) < 4.78 is 5.07. The number of rotatable bonds is 6. The molecule has 0 unspecified atom stereocenters. The molecule has 0 heterocycles. The van der Waals surface area contributed by atoms with Crippen molar-refractivity contribution in [2.45, 2.75) is 6.92 Å². The lowest BCUT2D eigenvalue weighted by Gasteiger charge is -2.08. The first-order valence-electron chi connectivity index (χ1n) is 7.82. The van der Waals surface area contributed by atoms with E-state index in [2.05, 4.69) is 16.0 Å². The third-order valence-corrected chi connectivity index (χ3v) is 3.66. The maximum Gasteiger partial charge on any atom is 0.267 e. The molecule has 0 aromatic heterocycles. The van der Waals surface area contributed by atoms with Gasteiger partial charge in [0, 0.05) is 30.2 Å². The molecule has 0 spiro atoms. The highest BCUT2D eigenvalue weighted by Crippen LogP contribution is 2.27. The molecule has 0 saturated heterocycles. The zero-order valence-corrected chi connectivity index (χ0v) is 15.4. The molecule has 2 aromatic carbocycles. The van der Waals surface area contributed by atoms with E-state index in [1.54, 1.807) is 42.5 Å². The number of benzene rings is 2. The van der Waals surface area contributed by atoms with Crippen LogP contribution in [0.5, 0.6) is 5.75 Å². The van der Waals surface area contributed by atoms with Gasteiger partial charge in [-0.2, -0.15) is 5.26 Å². The van der Waals surface area contributed by atoms with Crippen molar-refractivity contribution in [3.63, 3.8) is 0 Å². The lowest BCUT2D eigenvalue weighted by molar-refractivity contribution is -0.114. The average Bonchev–Trinajstić information content (AvgIpc) is 2.63. The summed E-state index contributed by atoms with van der Waals surface area (Å²) in [6.07, 6.45) is 1.29. The zero-order valence-electron chi connectivity index (χ0n) is 14.7. The summed E-state index contributed by atoms with van der Waals surface area (Å²) in [6, 6.07) is 13.4. The second-order valence-corrected chi connectivity index (χ2v) is 5.78. The van der Waals surface area contributed by atoms with Crippen LogP contribution in [0.2, 0.25) is 5.02 Å². The van der Waals surface area contributed by atoms with Crippen molar-refractivity contribution in [1.82, 2.24) is 0 Å². The minimum absolute atomic E-state index is 0.118. The van der Waals surface area contributed by atoms with Crippen LogP contribution in [-0.2, 0) is 9.59 Å². The Bertz CT molecular complexity index is 918. The maximum atomic E-state index is 12.2. The van der Waals surface area contributed by atoms with Gasteiger partial charge in [0.15, 0.2) is 0 Å². The van der Waals surface area contributed by atoms with Crippen molar-refractivity contribution in [2.24, 2.45) is 0 Å². The van der Waals surface area contributed by atoms with E-state index in [4.69, 9.17) is 16.3 Å². The number of methoxy groups -OCH3 is 1. The van der Waals surface area contributed by atoms with Crippen LogP contribution >= 0.6 is 11.6 Å². The molecule has 8 heteroatoms. The van der Waals surface area contributed by atoms with Gasteiger partial charge in [-0.15, -0.1) is 0 Å². The molecule has 138 valence electrons. The Balaban J connectivity index is 2.04. The fourth-order valence-corrected chi connectivity index (χ4v) is 2.36. The molecule has 0 atom stereocenters. The van der Waals surface area contributed by atoms with Gasteiger partial charge >= 0.3 is 0 Å². The highest BCUT2D eigenvalue weighted by molar-refractivity contribution is 6.32. The highest BCUT2D eigenvalue weighted by Gasteiger charge is 2.10. The summed E-state index contributed by atoms with van der Waals surface area (Å²) in [6.45, 7) is 1.41. The standard InChI is InChI=1S/C19H17ClN4O3/c1-12(25)23-14-3-5-15(6-4-14)24-19(26)13(10-21)11-22-16-7-8-18(27-2)17(20)9-16/h3-9,11,22H,1-2H3,(H,23,25)(H,24,26)/b13-11-. The maximum absolute atomic E-state index is 12.2. The number of ether oxygens (including phenoxy) is 1. The van der Waals surface area contributed by atoms with Crippen LogP contribution < -0.4 is 20.7 Å². The Morgan fingerprint density at radius 3 is 2.19 bits per heavy atom. The first-order chi connectivity index (χ1) is 12.9. The predicted octanol–water partition coefficient (Wildman–Crippen LogP) is 3.77. The Hall–Kier alpha value is -3.50. The number of carbonyl (C=O) groups is 2. The van der Waals surface area contributed by atoms with Crippen molar-refractivity contribution in [1.29, 1.82) is 5.26 Å². The smallest absolute Gasteiger partial charge is 0.267 e. The largest absolute Gasteiger partial charge is 0.495 e. The summed E-state index contributed by atoms with van der Waals surface area (Å²) in [5.74, 6) is -0.241. The Kier molecular flexibility index (Phi) is 6.80. The van der Waals surface area contributed by atoms with E-state index < -0.39 is 5.91 Å². The molecule has 0 saturated carbocycles. The molecule has 2 amide bonds. The van der Waals surface area contributed by atoms with Crippen LogP contribution in [-0.4, -0.2) is 18.9 Å². The van der Waals surface area contributed by atoms with E-state index in [1.165, 1.54) is 20.2 Å². The third kappa shape index (κ3) is 5.76. The molecule has 0 bridgehead atoms. The van der Waals surface area contributed by atoms with Gasteiger partial charge in [0.1, 0.15) is 17.4 Å². The van der Waals surface area contributed by atoms with Gasteiger partial charge in [-0.05, 0) is 42.5 Å².